The van der Waals surface area contributed by atoms with Gasteiger partial charge in [-0.15, -0.1) is 0 Å². The van der Waals surface area contributed by atoms with Crippen LogP contribution in [0.1, 0.15) is 10.4 Å². The molecule has 1 aromatic carbocycles. The standard InChI is InChI=1S/C13H11N5O2/c1-20-13(19)8-2-4-9(5-3-8)18-12-10(6-17-18)11(14)15-7-16-12/h2-7H,1H3,(H2,14,15,16). The van der Waals surface area contributed by atoms with Gasteiger partial charge in [0.15, 0.2) is 5.65 Å². The molecule has 0 unspecified atom stereocenters. The normalized spacial score (nSPS) is 10.7. The highest BCUT2D eigenvalue weighted by Crippen LogP contribution is 2.19. The molecular formula is C13H11N5O2. The molecule has 0 fully saturated rings. The van der Waals surface area contributed by atoms with Crippen molar-refractivity contribution < 1.29 is 9.53 Å². The van der Waals surface area contributed by atoms with Gasteiger partial charge in [-0.1, -0.05) is 0 Å². The van der Waals surface area contributed by atoms with Crippen molar-refractivity contribution >= 4 is 22.8 Å². The zero-order valence-corrected chi connectivity index (χ0v) is 10.6. The number of carbonyl (C=O) groups excluding carboxylic acids is 1. The average molecular weight is 269 g/mol. The lowest BCUT2D eigenvalue weighted by Gasteiger charge is -2.04. The van der Waals surface area contributed by atoms with Crippen molar-refractivity contribution in [3.63, 3.8) is 0 Å². The zero-order chi connectivity index (χ0) is 14.1. The van der Waals surface area contributed by atoms with E-state index in [4.69, 9.17) is 5.73 Å². The Hall–Kier alpha value is -2.96. The molecule has 0 radical (unpaired) electrons. The third-order valence-electron chi connectivity index (χ3n) is 2.93. The minimum atomic E-state index is -0.381. The van der Waals surface area contributed by atoms with Crippen molar-refractivity contribution in [2.45, 2.75) is 0 Å². The molecular weight excluding hydrogens is 258 g/mol. The first-order chi connectivity index (χ1) is 9.70. The van der Waals surface area contributed by atoms with Crippen molar-refractivity contribution in [1.29, 1.82) is 0 Å². The molecule has 100 valence electrons. The molecule has 7 nitrogen and oxygen atoms in total. The number of hydrogen-bond donors (Lipinski definition) is 1. The number of hydrogen-bond acceptors (Lipinski definition) is 6. The third-order valence-corrected chi connectivity index (χ3v) is 2.93. The molecule has 2 heterocycles. The molecule has 0 aliphatic carbocycles. The van der Waals surface area contributed by atoms with Crippen LogP contribution in [0.25, 0.3) is 16.7 Å². The molecule has 0 saturated heterocycles. The molecule has 0 spiro atoms. The first-order valence-corrected chi connectivity index (χ1v) is 5.83. The highest BCUT2D eigenvalue weighted by Gasteiger charge is 2.10. The van der Waals surface area contributed by atoms with Crippen LogP contribution in [0.2, 0.25) is 0 Å². The van der Waals surface area contributed by atoms with Gasteiger partial charge in [0.25, 0.3) is 0 Å². The monoisotopic (exact) mass is 269 g/mol. The van der Waals surface area contributed by atoms with E-state index in [0.29, 0.717) is 22.4 Å². The average Bonchev–Trinajstić information content (AvgIpc) is 2.92. The quantitative estimate of drug-likeness (QED) is 0.702. The molecule has 0 aliphatic rings. The fourth-order valence-corrected chi connectivity index (χ4v) is 1.91. The Kier molecular flexibility index (Phi) is 2.79. The van der Waals surface area contributed by atoms with Crippen LogP contribution in [0.3, 0.4) is 0 Å². The summed E-state index contributed by atoms with van der Waals surface area (Å²) in [5, 5.41) is 4.92. The second-order valence-electron chi connectivity index (χ2n) is 4.09. The summed E-state index contributed by atoms with van der Waals surface area (Å²) in [5.41, 5.74) is 7.62. The predicted octanol–water partition coefficient (Wildman–Crippen LogP) is 1.18. The number of benzene rings is 1. The van der Waals surface area contributed by atoms with E-state index in [1.54, 1.807) is 35.1 Å². The zero-order valence-electron chi connectivity index (χ0n) is 10.6. The molecule has 0 atom stereocenters. The van der Waals surface area contributed by atoms with Crippen LogP contribution in [-0.4, -0.2) is 32.8 Å². The van der Waals surface area contributed by atoms with Crippen LogP contribution in [0.15, 0.2) is 36.8 Å². The summed E-state index contributed by atoms with van der Waals surface area (Å²) < 4.78 is 6.29. The van der Waals surface area contributed by atoms with Gasteiger partial charge in [-0.2, -0.15) is 5.10 Å². The number of rotatable bonds is 2. The van der Waals surface area contributed by atoms with Crippen molar-refractivity contribution in [1.82, 2.24) is 19.7 Å². The number of ether oxygens (including phenoxy) is 1. The van der Waals surface area contributed by atoms with Crippen molar-refractivity contribution in [2.24, 2.45) is 0 Å². The number of fused-ring (bicyclic) bond motifs is 1. The Balaban J connectivity index is 2.07. The van der Waals surface area contributed by atoms with Crippen LogP contribution in [0, 0.1) is 0 Å². The lowest BCUT2D eigenvalue weighted by atomic mass is 10.2. The van der Waals surface area contributed by atoms with Gasteiger partial charge in [-0.3, -0.25) is 0 Å². The van der Waals surface area contributed by atoms with E-state index in [-0.39, 0.29) is 5.97 Å². The first-order valence-electron chi connectivity index (χ1n) is 5.83. The fourth-order valence-electron chi connectivity index (χ4n) is 1.91. The lowest BCUT2D eigenvalue weighted by Crippen LogP contribution is -2.03. The Morgan fingerprint density at radius 3 is 2.70 bits per heavy atom. The van der Waals surface area contributed by atoms with Crippen molar-refractivity contribution in [3.8, 4) is 5.69 Å². The van der Waals surface area contributed by atoms with Gasteiger partial charge in [-0.25, -0.2) is 19.4 Å². The van der Waals surface area contributed by atoms with E-state index >= 15 is 0 Å². The summed E-state index contributed by atoms with van der Waals surface area (Å²) in [5.74, 6) is 0.000809. The van der Waals surface area contributed by atoms with Crippen LogP contribution in [0.5, 0.6) is 0 Å². The van der Waals surface area contributed by atoms with E-state index in [1.807, 2.05) is 0 Å². The van der Waals surface area contributed by atoms with Gasteiger partial charge < -0.3 is 10.5 Å². The van der Waals surface area contributed by atoms with E-state index in [1.165, 1.54) is 13.4 Å². The van der Waals surface area contributed by atoms with Crippen LogP contribution in [0.4, 0.5) is 5.82 Å². The maximum atomic E-state index is 11.4. The minimum absolute atomic E-state index is 0.381. The second-order valence-corrected chi connectivity index (χ2v) is 4.09. The molecule has 0 amide bonds. The summed E-state index contributed by atoms with van der Waals surface area (Å²) in [6, 6.07) is 6.85. The van der Waals surface area contributed by atoms with Gasteiger partial charge in [-0.05, 0) is 24.3 Å². The summed E-state index contributed by atoms with van der Waals surface area (Å²) in [7, 11) is 1.34. The van der Waals surface area contributed by atoms with Gasteiger partial charge in [0.2, 0.25) is 0 Å². The molecule has 2 aromatic heterocycles. The van der Waals surface area contributed by atoms with Crippen LogP contribution in [-0.2, 0) is 4.74 Å². The Morgan fingerprint density at radius 1 is 1.25 bits per heavy atom. The Bertz CT molecular complexity index is 779. The number of esters is 1. The molecule has 0 aliphatic heterocycles. The third kappa shape index (κ3) is 1.85. The molecule has 3 aromatic rings. The van der Waals surface area contributed by atoms with Crippen molar-refractivity contribution in [3.05, 3.63) is 42.4 Å². The Morgan fingerprint density at radius 2 is 2.00 bits per heavy atom. The van der Waals surface area contributed by atoms with Gasteiger partial charge >= 0.3 is 5.97 Å². The number of anilines is 1. The predicted molar refractivity (Wildman–Crippen MR) is 72.4 cm³/mol. The number of nitrogen functional groups attached to an aromatic ring is 1. The number of nitrogens with zero attached hydrogens (tertiary/aromatic N) is 4. The van der Waals surface area contributed by atoms with Crippen LogP contribution < -0.4 is 5.73 Å². The fraction of sp³-hybridized carbons (Fsp3) is 0.0769. The van der Waals surface area contributed by atoms with Gasteiger partial charge in [0.05, 0.1) is 29.9 Å². The second kappa shape index (κ2) is 4.61. The lowest BCUT2D eigenvalue weighted by molar-refractivity contribution is 0.0601. The maximum Gasteiger partial charge on any atom is 0.337 e. The topological polar surface area (TPSA) is 95.9 Å². The van der Waals surface area contributed by atoms with E-state index in [2.05, 4.69) is 19.8 Å². The summed E-state index contributed by atoms with van der Waals surface area (Å²) >= 11 is 0. The van der Waals surface area contributed by atoms with E-state index in [9.17, 15) is 4.79 Å². The summed E-state index contributed by atoms with van der Waals surface area (Å²) in [4.78, 5) is 19.5. The van der Waals surface area contributed by atoms with E-state index < -0.39 is 0 Å². The molecule has 0 saturated carbocycles. The summed E-state index contributed by atoms with van der Waals surface area (Å²) in [6.45, 7) is 0. The van der Waals surface area contributed by atoms with Crippen molar-refractivity contribution in [2.75, 3.05) is 12.8 Å². The van der Waals surface area contributed by atoms with Gasteiger partial charge in [0.1, 0.15) is 12.1 Å². The highest BCUT2D eigenvalue weighted by atomic mass is 16.5. The minimum Gasteiger partial charge on any atom is -0.465 e. The number of nitrogens with two attached hydrogens (primary N) is 1. The molecule has 7 heteroatoms. The number of carbonyl (C=O) groups is 1. The molecule has 3 rings (SSSR count). The summed E-state index contributed by atoms with van der Waals surface area (Å²) in [6.07, 6.45) is 3.00. The van der Waals surface area contributed by atoms with Gasteiger partial charge in [0, 0.05) is 0 Å². The smallest absolute Gasteiger partial charge is 0.337 e. The maximum absolute atomic E-state index is 11.4. The number of methoxy groups -OCH3 is 1. The highest BCUT2D eigenvalue weighted by molar-refractivity contribution is 5.90. The molecule has 20 heavy (non-hydrogen) atoms. The first kappa shape index (κ1) is 12.1. The molecule has 0 bridgehead atoms. The SMILES string of the molecule is COC(=O)c1ccc(-n2ncc3c(N)ncnc32)cc1. The molecule has 2 N–H and O–H groups in total. The Labute approximate surface area is 114 Å². The van der Waals surface area contributed by atoms with Crippen LogP contribution >= 0.6 is 0 Å². The van der Waals surface area contributed by atoms with E-state index in [0.717, 1.165) is 5.69 Å². The largest absolute Gasteiger partial charge is 0.465 e. The number of aromatic nitrogens is 4.